The third-order valence-corrected chi connectivity index (χ3v) is 8.52. The third-order valence-electron chi connectivity index (χ3n) is 6.82. The van der Waals surface area contributed by atoms with Gasteiger partial charge in [-0.25, -0.2) is 19.0 Å². The van der Waals surface area contributed by atoms with E-state index in [1.165, 1.54) is 6.33 Å². The topological polar surface area (TPSA) is 119 Å². The molecular formula is C29H40N6O4Si. The van der Waals surface area contributed by atoms with E-state index in [2.05, 4.69) is 43.6 Å². The van der Waals surface area contributed by atoms with Gasteiger partial charge in [0.2, 0.25) is 0 Å². The second-order valence-electron chi connectivity index (χ2n) is 11.9. The van der Waals surface area contributed by atoms with Crippen LogP contribution in [0.1, 0.15) is 44.7 Å². The summed E-state index contributed by atoms with van der Waals surface area (Å²) in [6.07, 6.45) is 2.65. The van der Waals surface area contributed by atoms with E-state index in [0.717, 1.165) is 39.7 Å². The van der Waals surface area contributed by atoms with Crippen LogP contribution in [-0.4, -0.2) is 52.3 Å². The highest BCUT2D eigenvalue weighted by Gasteiger charge is 2.27. The Balaban J connectivity index is 1.83. The third kappa shape index (κ3) is 6.36. The maximum Gasteiger partial charge on any atom is 0.405 e. The van der Waals surface area contributed by atoms with E-state index >= 15 is 0 Å². The molecule has 0 radical (unpaired) electrons. The maximum atomic E-state index is 11.4. The summed E-state index contributed by atoms with van der Waals surface area (Å²) in [6.45, 7) is 15.9. The van der Waals surface area contributed by atoms with Crippen LogP contribution in [0.5, 0.6) is 5.75 Å². The van der Waals surface area contributed by atoms with Gasteiger partial charge in [0.25, 0.3) is 0 Å². The van der Waals surface area contributed by atoms with E-state index < -0.39 is 19.8 Å². The van der Waals surface area contributed by atoms with Crippen LogP contribution in [0.3, 0.4) is 0 Å². The quantitative estimate of drug-likeness (QED) is 0.174. The molecule has 4 aromatic rings. The zero-order chi connectivity index (χ0) is 29.2. The highest BCUT2D eigenvalue weighted by molar-refractivity contribution is 6.76. The van der Waals surface area contributed by atoms with Gasteiger partial charge in [-0.2, -0.15) is 10.2 Å². The molecule has 1 aromatic carbocycles. The van der Waals surface area contributed by atoms with Gasteiger partial charge in [0.15, 0.2) is 11.4 Å². The molecule has 0 spiro atoms. The van der Waals surface area contributed by atoms with Gasteiger partial charge in [-0.3, -0.25) is 0 Å². The molecular weight excluding hydrogens is 524 g/mol. The number of carbonyl (C=O) groups is 1. The van der Waals surface area contributed by atoms with Crippen molar-refractivity contribution in [3.8, 4) is 28.3 Å². The Labute approximate surface area is 236 Å². The Kier molecular flexibility index (Phi) is 8.36. The number of benzene rings is 1. The number of carbonyl (C=O) groups excluding carboxylic acids is 1. The summed E-state index contributed by atoms with van der Waals surface area (Å²) in [5.41, 5.74) is 10.6. The monoisotopic (exact) mass is 564 g/mol. The molecule has 0 atom stereocenters. The standard InChI is InChI=1S/C29H40N6O4Si/c1-19(2)24-25(20-9-11-22(12-10-20)29(3,4)39-28(30)36)33-35(18-38-13-14-40(6,7)8)26(24)21-15-23(37-5)27-31-17-32-34(27)16-21/h9-12,15-17,19H,13-14,18H2,1-8H3,(H2,30,36). The first-order valence-electron chi connectivity index (χ1n) is 13.5. The molecule has 10 nitrogen and oxygen atoms in total. The molecule has 3 aromatic heterocycles. The van der Waals surface area contributed by atoms with Crippen LogP contribution in [0.25, 0.3) is 28.2 Å². The van der Waals surface area contributed by atoms with Gasteiger partial charge in [0.05, 0.1) is 18.5 Å². The highest BCUT2D eigenvalue weighted by Crippen LogP contribution is 2.39. The molecule has 1 amide bonds. The smallest absolute Gasteiger partial charge is 0.405 e. The number of nitrogens with two attached hydrogens (primary N) is 1. The molecule has 0 aliphatic heterocycles. The van der Waals surface area contributed by atoms with Crippen molar-refractivity contribution in [1.82, 2.24) is 24.4 Å². The summed E-state index contributed by atoms with van der Waals surface area (Å²) in [6, 6.07) is 10.9. The average Bonchev–Trinajstić information content (AvgIpc) is 3.49. The van der Waals surface area contributed by atoms with Crippen LogP contribution < -0.4 is 10.5 Å². The number of pyridine rings is 1. The first-order chi connectivity index (χ1) is 18.8. The van der Waals surface area contributed by atoms with Gasteiger partial charge in [-0.1, -0.05) is 57.8 Å². The molecule has 3 heterocycles. The molecule has 0 saturated heterocycles. The Morgan fingerprint density at radius 2 is 1.82 bits per heavy atom. The Morgan fingerprint density at radius 3 is 2.42 bits per heavy atom. The summed E-state index contributed by atoms with van der Waals surface area (Å²) >= 11 is 0. The predicted molar refractivity (Wildman–Crippen MR) is 158 cm³/mol. The zero-order valence-corrected chi connectivity index (χ0v) is 25.7. The summed E-state index contributed by atoms with van der Waals surface area (Å²) in [5, 5.41) is 9.45. The number of nitrogens with zero attached hydrogens (tertiary/aromatic N) is 5. The Bertz CT molecular complexity index is 1480. The number of fused-ring (bicyclic) bond motifs is 1. The molecule has 0 unspecified atom stereocenters. The van der Waals surface area contributed by atoms with Crippen molar-refractivity contribution >= 4 is 19.8 Å². The predicted octanol–water partition coefficient (Wildman–Crippen LogP) is 6.03. The summed E-state index contributed by atoms with van der Waals surface area (Å²) in [5.74, 6) is 0.771. The number of ether oxygens (including phenoxy) is 3. The second kappa shape index (κ2) is 11.4. The van der Waals surface area contributed by atoms with Crippen molar-refractivity contribution in [2.75, 3.05) is 13.7 Å². The largest absolute Gasteiger partial charge is 0.493 e. The molecule has 0 saturated carbocycles. The lowest BCUT2D eigenvalue weighted by Gasteiger charge is -2.24. The fraction of sp³-hybridized carbons (Fsp3) is 0.448. The van der Waals surface area contributed by atoms with E-state index in [4.69, 9.17) is 25.0 Å². The van der Waals surface area contributed by atoms with E-state index in [-0.39, 0.29) is 5.92 Å². The Morgan fingerprint density at radius 1 is 1.12 bits per heavy atom. The normalized spacial score (nSPS) is 12.3. The molecule has 11 heteroatoms. The van der Waals surface area contributed by atoms with Gasteiger partial charge < -0.3 is 19.9 Å². The van der Waals surface area contributed by atoms with Crippen molar-refractivity contribution in [2.45, 2.75) is 71.6 Å². The molecule has 0 bridgehead atoms. The Hall–Kier alpha value is -3.70. The minimum absolute atomic E-state index is 0.146. The summed E-state index contributed by atoms with van der Waals surface area (Å²) in [4.78, 5) is 15.7. The minimum atomic E-state index is -1.24. The van der Waals surface area contributed by atoms with Crippen molar-refractivity contribution in [2.24, 2.45) is 5.73 Å². The second-order valence-corrected chi connectivity index (χ2v) is 17.6. The summed E-state index contributed by atoms with van der Waals surface area (Å²) in [7, 11) is 0.385. The van der Waals surface area contributed by atoms with Crippen LogP contribution >= 0.6 is 0 Å². The van der Waals surface area contributed by atoms with Gasteiger partial charge in [-0.05, 0) is 37.4 Å². The molecule has 214 valence electrons. The van der Waals surface area contributed by atoms with E-state index in [9.17, 15) is 4.79 Å². The van der Waals surface area contributed by atoms with Gasteiger partial charge in [-0.15, -0.1) is 0 Å². The fourth-order valence-electron chi connectivity index (χ4n) is 4.68. The maximum absolute atomic E-state index is 11.4. The number of primary amides is 1. The molecule has 2 N–H and O–H groups in total. The molecule has 0 fully saturated rings. The lowest BCUT2D eigenvalue weighted by molar-refractivity contribution is 0.0432. The van der Waals surface area contributed by atoms with Crippen molar-refractivity contribution in [3.05, 3.63) is 54.0 Å². The van der Waals surface area contributed by atoms with Gasteiger partial charge >= 0.3 is 6.09 Å². The molecule has 0 aliphatic rings. The summed E-state index contributed by atoms with van der Waals surface area (Å²) < 4.78 is 20.8. The van der Waals surface area contributed by atoms with Crippen LogP contribution in [0, 0.1) is 0 Å². The molecule has 4 rings (SSSR count). The van der Waals surface area contributed by atoms with Crippen LogP contribution in [0.15, 0.2) is 42.9 Å². The zero-order valence-electron chi connectivity index (χ0n) is 24.7. The highest BCUT2D eigenvalue weighted by atomic mass is 28.3. The number of methoxy groups -OCH3 is 1. The fourth-order valence-corrected chi connectivity index (χ4v) is 5.44. The van der Waals surface area contributed by atoms with Crippen molar-refractivity contribution in [1.29, 1.82) is 0 Å². The van der Waals surface area contributed by atoms with Gasteiger partial charge in [0, 0.05) is 37.6 Å². The number of amides is 1. The molecule has 40 heavy (non-hydrogen) atoms. The van der Waals surface area contributed by atoms with Crippen LogP contribution in [0.2, 0.25) is 25.7 Å². The SMILES string of the molecule is COc1cc(-c2c(C(C)C)c(-c3ccc(C(C)(C)OC(N)=O)cc3)nn2COCC[Si](C)(C)C)cn2ncnc12. The number of hydrogen-bond donors (Lipinski definition) is 1. The number of aromatic nitrogens is 5. The number of rotatable bonds is 11. The van der Waals surface area contributed by atoms with Crippen molar-refractivity contribution in [3.63, 3.8) is 0 Å². The average molecular weight is 565 g/mol. The van der Waals surface area contributed by atoms with Crippen LogP contribution in [-0.2, 0) is 21.8 Å². The van der Waals surface area contributed by atoms with Crippen molar-refractivity contribution < 1.29 is 19.0 Å². The lowest BCUT2D eigenvalue weighted by Crippen LogP contribution is -2.28. The minimum Gasteiger partial charge on any atom is -0.493 e. The van der Waals surface area contributed by atoms with Crippen LogP contribution in [0.4, 0.5) is 4.79 Å². The molecule has 0 aliphatic carbocycles. The van der Waals surface area contributed by atoms with E-state index in [1.807, 2.05) is 55.1 Å². The first-order valence-corrected chi connectivity index (χ1v) is 17.2. The van der Waals surface area contributed by atoms with E-state index in [0.29, 0.717) is 24.7 Å². The van der Waals surface area contributed by atoms with Gasteiger partial charge in [0.1, 0.15) is 18.7 Å². The number of hydrogen-bond acceptors (Lipinski definition) is 7. The first kappa shape index (κ1) is 29.3. The van der Waals surface area contributed by atoms with E-state index in [1.54, 1.807) is 11.6 Å². The lowest BCUT2D eigenvalue weighted by atomic mass is 9.92.